The van der Waals surface area contributed by atoms with Gasteiger partial charge < -0.3 is 4.74 Å². The number of alkyl halides is 3. The molecule has 3 rings (SSSR count). The Morgan fingerprint density at radius 2 is 1.65 bits per heavy atom. The smallest absolute Gasteiger partial charge is 0.433 e. The van der Waals surface area contributed by atoms with Gasteiger partial charge in [-0.1, -0.05) is 54.1 Å². The van der Waals surface area contributed by atoms with Crippen LogP contribution in [0.3, 0.4) is 0 Å². The molecule has 120 valence electrons. The van der Waals surface area contributed by atoms with E-state index >= 15 is 0 Å². The highest BCUT2D eigenvalue weighted by Gasteiger charge is 2.67. The SMILES string of the molecule is O=C1CC(c2ccccc2)C(c2ccc(Cl)cc2)(C(F)(F)F)O1. The summed E-state index contributed by atoms with van der Waals surface area (Å²) >= 11 is 5.77. The van der Waals surface area contributed by atoms with Gasteiger partial charge in [-0.2, -0.15) is 13.2 Å². The molecule has 2 aromatic rings. The molecule has 0 amide bonds. The van der Waals surface area contributed by atoms with Gasteiger partial charge in [0.2, 0.25) is 5.60 Å². The second kappa shape index (κ2) is 5.57. The van der Waals surface area contributed by atoms with Crippen molar-refractivity contribution in [2.45, 2.75) is 24.1 Å². The summed E-state index contributed by atoms with van der Waals surface area (Å²) in [5, 5.41) is 0.312. The predicted octanol–water partition coefficient (Wildman–Crippen LogP) is 4.83. The van der Waals surface area contributed by atoms with Gasteiger partial charge in [0.1, 0.15) is 0 Å². The van der Waals surface area contributed by atoms with Crippen molar-refractivity contribution in [1.29, 1.82) is 0 Å². The van der Waals surface area contributed by atoms with Crippen LogP contribution < -0.4 is 0 Å². The molecular formula is C17H12ClF3O2. The summed E-state index contributed by atoms with van der Waals surface area (Å²) in [6.45, 7) is 0. The third kappa shape index (κ3) is 2.59. The van der Waals surface area contributed by atoms with E-state index in [9.17, 15) is 18.0 Å². The molecule has 6 heteroatoms. The van der Waals surface area contributed by atoms with Crippen LogP contribution in [0, 0.1) is 0 Å². The van der Waals surface area contributed by atoms with Crippen LogP contribution in [0.5, 0.6) is 0 Å². The lowest BCUT2D eigenvalue weighted by Crippen LogP contribution is -2.46. The lowest BCUT2D eigenvalue weighted by Gasteiger charge is -2.35. The Hall–Kier alpha value is -2.01. The van der Waals surface area contributed by atoms with E-state index in [-0.39, 0.29) is 12.0 Å². The number of rotatable bonds is 2. The van der Waals surface area contributed by atoms with E-state index in [1.807, 2.05) is 0 Å². The summed E-state index contributed by atoms with van der Waals surface area (Å²) in [7, 11) is 0. The Morgan fingerprint density at radius 1 is 1.04 bits per heavy atom. The van der Waals surface area contributed by atoms with E-state index in [0.717, 1.165) is 0 Å². The highest BCUT2D eigenvalue weighted by Crippen LogP contribution is 2.56. The minimum Gasteiger partial charge on any atom is -0.444 e. The van der Waals surface area contributed by atoms with E-state index in [1.165, 1.54) is 24.3 Å². The molecule has 1 aliphatic heterocycles. The predicted molar refractivity (Wildman–Crippen MR) is 79.1 cm³/mol. The van der Waals surface area contributed by atoms with Crippen molar-refractivity contribution in [3.8, 4) is 0 Å². The van der Waals surface area contributed by atoms with Crippen LogP contribution in [-0.2, 0) is 15.1 Å². The van der Waals surface area contributed by atoms with Gasteiger partial charge in [0.25, 0.3) is 0 Å². The highest BCUT2D eigenvalue weighted by atomic mass is 35.5. The van der Waals surface area contributed by atoms with Crippen LogP contribution in [-0.4, -0.2) is 12.1 Å². The molecule has 0 saturated carbocycles. The van der Waals surface area contributed by atoms with Crippen LogP contribution >= 0.6 is 11.6 Å². The fourth-order valence-electron chi connectivity index (χ4n) is 3.02. The van der Waals surface area contributed by atoms with Gasteiger partial charge in [0.15, 0.2) is 0 Å². The first-order valence-electron chi connectivity index (χ1n) is 6.94. The minimum absolute atomic E-state index is 0.130. The zero-order valence-corrected chi connectivity index (χ0v) is 12.6. The quantitative estimate of drug-likeness (QED) is 0.732. The molecule has 0 spiro atoms. The van der Waals surface area contributed by atoms with E-state index < -0.39 is 23.7 Å². The Labute approximate surface area is 135 Å². The molecule has 2 unspecified atom stereocenters. The van der Waals surface area contributed by atoms with Crippen molar-refractivity contribution < 1.29 is 22.7 Å². The number of carbonyl (C=O) groups excluding carboxylic acids is 1. The van der Waals surface area contributed by atoms with Crippen molar-refractivity contribution >= 4 is 17.6 Å². The molecule has 0 aliphatic carbocycles. The first-order valence-corrected chi connectivity index (χ1v) is 7.32. The molecule has 1 saturated heterocycles. The lowest BCUT2D eigenvalue weighted by molar-refractivity contribution is -0.269. The molecule has 1 heterocycles. The van der Waals surface area contributed by atoms with Gasteiger partial charge in [0.05, 0.1) is 6.42 Å². The summed E-state index contributed by atoms with van der Waals surface area (Å²) in [6.07, 6.45) is -5.08. The number of cyclic esters (lactones) is 1. The van der Waals surface area contributed by atoms with Crippen molar-refractivity contribution in [1.82, 2.24) is 0 Å². The minimum atomic E-state index is -4.76. The van der Waals surface area contributed by atoms with E-state index in [1.54, 1.807) is 30.3 Å². The van der Waals surface area contributed by atoms with Gasteiger partial charge in [-0.25, -0.2) is 0 Å². The van der Waals surface area contributed by atoms with Crippen LogP contribution in [0.2, 0.25) is 5.02 Å². The van der Waals surface area contributed by atoms with Crippen molar-refractivity contribution in [2.24, 2.45) is 0 Å². The van der Waals surface area contributed by atoms with Gasteiger partial charge in [-0.3, -0.25) is 4.79 Å². The monoisotopic (exact) mass is 340 g/mol. The maximum atomic E-state index is 14.0. The van der Waals surface area contributed by atoms with Crippen LogP contribution in [0.1, 0.15) is 23.5 Å². The summed E-state index contributed by atoms with van der Waals surface area (Å²) in [6, 6.07) is 13.4. The number of carbonyl (C=O) groups is 1. The van der Waals surface area contributed by atoms with Crippen LogP contribution in [0.15, 0.2) is 54.6 Å². The first kappa shape index (κ1) is 15.9. The Bertz CT molecular complexity index is 713. The van der Waals surface area contributed by atoms with E-state index in [0.29, 0.717) is 10.6 Å². The largest absolute Gasteiger partial charge is 0.444 e. The number of benzene rings is 2. The molecule has 2 aromatic carbocycles. The summed E-state index contributed by atoms with van der Waals surface area (Å²) in [4.78, 5) is 11.8. The van der Waals surface area contributed by atoms with Crippen molar-refractivity contribution in [2.75, 3.05) is 0 Å². The molecule has 0 radical (unpaired) electrons. The van der Waals surface area contributed by atoms with E-state index in [4.69, 9.17) is 16.3 Å². The zero-order chi connectivity index (χ0) is 16.7. The first-order chi connectivity index (χ1) is 10.8. The maximum Gasteiger partial charge on any atom is 0.433 e. The molecule has 1 aliphatic rings. The average molecular weight is 341 g/mol. The maximum absolute atomic E-state index is 14.0. The zero-order valence-electron chi connectivity index (χ0n) is 11.8. The number of hydrogen-bond donors (Lipinski definition) is 0. The number of halogens is 4. The van der Waals surface area contributed by atoms with Crippen LogP contribution in [0.4, 0.5) is 13.2 Å². The highest BCUT2D eigenvalue weighted by molar-refractivity contribution is 6.30. The molecular weight excluding hydrogens is 329 g/mol. The van der Waals surface area contributed by atoms with E-state index in [2.05, 4.69) is 0 Å². The Morgan fingerprint density at radius 3 is 2.22 bits per heavy atom. The third-order valence-corrected chi connectivity index (χ3v) is 4.28. The molecule has 0 bridgehead atoms. The third-order valence-electron chi connectivity index (χ3n) is 4.03. The topological polar surface area (TPSA) is 26.3 Å². The Kier molecular flexibility index (Phi) is 3.84. The van der Waals surface area contributed by atoms with Gasteiger partial charge in [0, 0.05) is 16.5 Å². The number of hydrogen-bond acceptors (Lipinski definition) is 2. The molecule has 2 nitrogen and oxygen atoms in total. The fraction of sp³-hybridized carbons (Fsp3) is 0.235. The summed E-state index contributed by atoms with van der Waals surface area (Å²) in [5.41, 5.74) is -2.42. The summed E-state index contributed by atoms with van der Waals surface area (Å²) < 4.78 is 46.9. The van der Waals surface area contributed by atoms with Gasteiger partial charge >= 0.3 is 12.1 Å². The standard InChI is InChI=1S/C17H12ClF3O2/c18-13-8-6-12(7-9-13)16(17(19,20)21)14(10-15(22)23-16)11-4-2-1-3-5-11/h1-9,14H,10H2. The summed E-state index contributed by atoms with van der Waals surface area (Å²) in [5.74, 6) is -2.01. The molecule has 1 fully saturated rings. The number of esters is 1. The normalized spacial score (nSPS) is 24.5. The van der Waals surface area contributed by atoms with Crippen molar-refractivity contribution in [3.05, 3.63) is 70.7 Å². The second-order valence-electron chi connectivity index (χ2n) is 5.38. The molecule has 0 N–H and O–H groups in total. The Balaban J connectivity index is 2.21. The number of ether oxygens (including phenoxy) is 1. The molecule has 0 aromatic heterocycles. The van der Waals surface area contributed by atoms with Gasteiger partial charge in [-0.05, 0) is 17.7 Å². The van der Waals surface area contributed by atoms with Gasteiger partial charge in [-0.15, -0.1) is 0 Å². The average Bonchev–Trinajstić information content (AvgIpc) is 2.87. The molecule has 23 heavy (non-hydrogen) atoms. The fourth-order valence-corrected chi connectivity index (χ4v) is 3.14. The molecule has 2 atom stereocenters. The van der Waals surface area contributed by atoms with Crippen LogP contribution in [0.25, 0.3) is 0 Å². The lowest BCUT2D eigenvalue weighted by atomic mass is 9.77. The van der Waals surface area contributed by atoms with Crippen molar-refractivity contribution in [3.63, 3.8) is 0 Å². The second-order valence-corrected chi connectivity index (χ2v) is 5.82.